The molecule has 7 heteroatoms. The van der Waals surface area contributed by atoms with Crippen LogP contribution in [0.1, 0.15) is 50.5 Å². The fraction of sp³-hybridized carbons (Fsp3) is 0.417. The van der Waals surface area contributed by atoms with Crippen molar-refractivity contribution in [3.63, 3.8) is 0 Å². The number of carbonyl (C=O) groups is 2. The molecule has 3 aromatic rings. The van der Waals surface area contributed by atoms with Crippen molar-refractivity contribution in [2.45, 2.75) is 58.7 Å². The molecule has 0 saturated carbocycles. The lowest BCUT2D eigenvalue weighted by molar-refractivity contribution is -0.137. The summed E-state index contributed by atoms with van der Waals surface area (Å²) in [6.45, 7) is 6.23. The largest absolute Gasteiger partial charge is 0.461 e. The van der Waals surface area contributed by atoms with E-state index in [0.29, 0.717) is 5.69 Å². The predicted molar refractivity (Wildman–Crippen MR) is 117 cm³/mol. The van der Waals surface area contributed by atoms with Gasteiger partial charge in [0.25, 0.3) is 0 Å². The van der Waals surface area contributed by atoms with Crippen molar-refractivity contribution in [3.8, 4) is 5.69 Å². The summed E-state index contributed by atoms with van der Waals surface area (Å²) in [7, 11) is 0. The van der Waals surface area contributed by atoms with Crippen LogP contribution in [-0.2, 0) is 16.1 Å². The molecule has 0 aliphatic carbocycles. The zero-order valence-corrected chi connectivity index (χ0v) is 18.2. The van der Waals surface area contributed by atoms with Gasteiger partial charge in [-0.05, 0) is 76.4 Å². The van der Waals surface area contributed by atoms with Crippen LogP contribution in [-0.4, -0.2) is 44.6 Å². The van der Waals surface area contributed by atoms with Crippen molar-refractivity contribution in [2.24, 2.45) is 0 Å². The van der Waals surface area contributed by atoms with Crippen LogP contribution in [0, 0.1) is 5.82 Å². The normalized spacial score (nSPS) is 19.0. The van der Waals surface area contributed by atoms with Gasteiger partial charge in [-0.2, -0.15) is 0 Å². The summed E-state index contributed by atoms with van der Waals surface area (Å²) in [5.41, 5.74) is 2.64. The minimum atomic E-state index is -0.461. The lowest BCUT2D eigenvalue weighted by atomic mass is 9.97. The molecule has 1 aliphatic heterocycles. The number of amides is 1. The Morgan fingerprint density at radius 2 is 1.74 bits per heavy atom. The maximum atomic E-state index is 13.4. The van der Waals surface area contributed by atoms with Crippen LogP contribution in [0.3, 0.4) is 0 Å². The number of ether oxygens (including phenoxy) is 1. The van der Waals surface area contributed by atoms with Gasteiger partial charge in [-0.3, -0.25) is 4.79 Å². The molecule has 1 amide bonds. The van der Waals surface area contributed by atoms with E-state index in [1.807, 2.05) is 21.7 Å². The van der Waals surface area contributed by atoms with E-state index in [1.165, 1.54) is 12.1 Å². The number of likely N-dealkylation sites (tertiary alicyclic amines) is 1. The van der Waals surface area contributed by atoms with Crippen LogP contribution in [0.4, 0.5) is 4.39 Å². The third-order valence-corrected chi connectivity index (χ3v) is 6.12. The van der Waals surface area contributed by atoms with Gasteiger partial charge < -0.3 is 18.8 Å². The molecule has 0 spiro atoms. The van der Waals surface area contributed by atoms with Gasteiger partial charge in [-0.25, -0.2) is 9.18 Å². The number of benzene rings is 1. The molecule has 0 unspecified atom stereocenters. The van der Waals surface area contributed by atoms with E-state index >= 15 is 0 Å². The average molecular weight is 426 g/mol. The van der Waals surface area contributed by atoms with E-state index in [9.17, 15) is 14.0 Å². The average Bonchev–Trinajstić information content (AvgIpc) is 3.29. The molecule has 1 fully saturated rings. The van der Waals surface area contributed by atoms with Gasteiger partial charge in [0.15, 0.2) is 0 Å². The smallest absolute Gasteiger partial charge is 0.355 e. The molecule has 2 aromatic heterocycles. The van der Waals surface area contributed by atoms with Gasteiger partial charge >= 0.3 is 5.97 Å². The quantitative estimate of drug-likeness (QED) is 0.564. The van der Waals surface area contributed by atoms with Gasteiger partial charge in [0.1, 0.15) is 18.1 Å². The number of hydrogen-bond donors (Lipinski definition) is 0. The molecule has 2 atom stereocenters. The van der Waals surface area contributed by atoms with Gasteiger partial charge in [-0.15, -0.1) is 0 Å². The molecule has 0 bridgehead atoms. The molecule has 164 valence electrons. The van der Waals surface area contributed by atoms with Gasteiger partial charge in [0, 0.05) is 24.0 Å². The minimum Gasteiger partial charge on any atom is -0.461 e. The summed E-state index contributed by atoms with van der Waals surface area (Å²) >= 11 is 0. The highest BCUT2D eigenvalue weighted by Crippen LogP contribution is 2.27. The highest BCUT2D eigenvalue weighted by atomic mass is 19.1. The zero-order chi connectivity index (χ0) is 22.1. The Morgan fingerprint density at radius 1 is 1.06 bits per heavy atom. The van der Waals surface area contributed by atoms with Crippen LogP contribution >= 0.6 is 0 Å². The Kier molecular flexibility index (Phi) is 5.85. The van der Waals surface area contributed by atoms with Crippen molar-refractivity contribution in [1.82, 2.24) is 14.0 Å². The molecule has 1 aliphatic rings. The third kappa shape index (κ3) is 3.96. The first-order valence-electron chi connectivity index (χ1n) is 10.9. The summed E-state index contributed by atoms with van der Waals surface area (Å²) in [5, 5.41) is 0. The van der Waals surface area contributed by atoms with E-state index in [-0.39, 0.29) is 37.0 Å². The molecule has 3 heterocycles. The molecule has 1 aromatic carbocycles. The number of halogens is 1. The molecule has 6 nitrogen and oxygen atoms in total. The van der Waals surface area contributed by atoms with Crippen LogP contribution in [0.15, 0.2) is 42.6 Å². The first kappa shape index (κ1) is 21.2. The number of aromatic nitrogens is 2. The van der Waals surface area contributed by atoms with E-state index in [0.717, 1.165) is 36.0 Å². The van der Waals surface area contributed by atoms with E-state index in [2.05, 4.69) is 13.8 Å². The van der Waals surface area contributed by atoms with Crippen molar-refractivity contribution in [1.29, 1.82) is 0 Å². The summed E-state index contributed by atoms with van der Waals surface area (Å²) < 4.78 is 22.2. The second-order valence-corrected chi connectivity index (χ2v) is 8.20. The Morgan fingerprint density at radius 3 is 2.39 bits per heavy atom. The van der Waals surface area contributed by atoms with Crippen molar-refractivity contribution in [3.05, 3.63) is 54.1 Å². The van der Waals surface area contributed by atoms with Gasteiger partial charge in [0.05, 0.1) is 17.6 Å². The van der Waals surface area contributed by atoms with Crippen LogP contribution < -0.4 is 0 Å². The number of fused-ring (bicyclic) bond motifs is 1. The highest BCUT2D eigenvalue weighted by molar-refractivity contribution is 5.96. The van der Waals surface area contributed by atoms with E-state index in [4.69, 9.17) is 4.74 Å². The number of carbonyl (C=O) groups excluding carboxylic acids is 2. The zero-order valence-electron chi connectivity index (χ0n) is 18.2. The predicted octanol–water partition coefficient (Wildman–Crippen LogP) is 4.54. The molecule has 4 rings (SSSR count). The first-order valence-corrected chi connectivity index (χ1v) is 10.9. The number of hydrogen-bond acceptors (Lipinski definition) is 3. The number of esters is 1. The number of nitrogens with zero attached hydrogens (tertiary/aromatic N) is 3. The number of rotatable bonds is 5. The van der Waals surface area contributed by atoms with Crippen molar-refractivity contribution in [2.75, 3.05) is 6.61 Å². The Hall–Kier alpha value is -3.09. The maximum absolute atomic E-state index is 13.4. The third-order valence-electron chi connectivity index (χ3n) is 6.12. The standard InChI is InChI=1S/C24H28FN3O3/c1-4-31-24(30)22-14-21-20(12-13-26(21)19-10-8-18(25)9-11-19)27(22)15-23(29)28-16(2)6-5-7-17(28)3/h8-14,16-17H,4-7,15H2,1-3H3/t16-,17-/m1/s1. The fourth-order valence-corrected chi connectivity index (χ4v) is 4.64. The lowest BCUT2D eigenvalue weighted by Crippen LogP contribution is -2.48. The fourth-order valence-electron chi connectivity index (χ4n) is 4.64. The summed E-state index contributed by atoms with van der Waals surface area (Å²) in [6.07, 6.45) is 4.96. The molecule has 31 heavy (non-hydrogen) atoms. The first-order chi connectivity index (χ1) is 14.9. The van der Waals surface area contributed by atoms with Crippen LogP contribution in [0.2, 0.25) is 0 Å². The summed E-state index contributed by atoms with van der Waals surface area (Å²) in [4.78, 5) is 27.9. The SMILES string of the molecule is CCOC(=O)c1cc2c(ccn2-c2ccc(F)cc2)n1CC(=O)N1[C@H](C)CCC[C@H]1C. The molecule has 0 N–H and O–H groups in total. The molecule has 1 saturated heterocycles. The number of piperidine rings is 1. The van der Waals surface area contributed by atoms with Gasteiger partial charge in [0.2, 0.25) is 5.91 Å². The van der Waals surface area contributed by atoms with Crippen LogP contribution in [0.5, 0.6) is 0 Å². The highest BCUT2D eigenvalue weighted by Gasteiger charge is 2.30. The maximum Gasteiger partial charge on any atom is 0.355 e. The monoisotopic (exact) mass is 425 g/mol. The minimum absolute atomic E-state index is 0.00252. The summed E-state index contributed by atoms with van der Waals surface area (Å²) in [5.74, 6) is -0.776. The summed E-state index contributed by atoms with van der Waals surface area (Å²) in [6, 6.07) is 10.1. The van der Waals surface area contributed by atoms with Gasteiger partial charge in [-0.1, -0.05) is 0 Å². The topological polar surface area (TPSA) is 56.5 Å². The lowest BCUT2D eigenvalue weighted by Gasteiger charge is -2.39. The molecular weight excluding hydrogens is 397 g/mol. The Labute approximate surface area is 181 Å². The van der Waals surface area contributed by atoms with E-state index < -0.39 is 5.97 Å². The molecule has 0 radical (unpaired) electrons. The molecular formula is C24H28FN3O3. The van der Waals surface area contributed by atoms with Crippen molar-refractivity contribution >= 4 is 22.9 Å². The van der Waals surface area contributed by atoms with Crippen molar-refractivity contribution < 1.29 is 18.7 Å². The van der Waals surface area contributed by atoms with E-state index in [1.54, 1.807) is 29.7 Å². The second kappa shape index (κ2) is 8.57. The Bertz CT molecular complexity index is 1090. The van der Waals surface area contributed by atoms with Crippen LogP contribution in [0.25, 0.3) is 16.7 Å². The Balaban J connectivity index is 1.75. The second-order valence-electron chi connectivity index (χ2n) is 8.20.